The second-order valence-corrected chi connectivity index (χ2v) is 8.52. The van der Waals surface area contributed by atoms with E-state index in [1.54, 1.807) is 22.8 Å². The number of carbonyl (C=O) groups is 1. The SMILES string of the molecule is CCN(CC)CCCNC(=O)CCc1nnc2n(Cc3ccc(F)cc3)c(=O)c3ccccc3n12. The van der Waals surface area contributed by atoms with E-state index in [1.165, 1.54) is 12.1 Å². The van der Waals surface area contributed by atoms with Gasteiger partial charge in [0.25, 0.3) is 5.56 Å². The van der Waals surface area contributed by atoms with Gasteiger partial charge in [0.15, 0.2) is 0 Å². The van der Waals surface area contributed by atoms with E-state index in [0.29, 0.717) is 35.5 Å². The lowest BCUT2D eigenvalue weighted by Gasteiger charge is -2.17. The second kappa shape index (κ2) is 11.2. The number of aromatic nitrogens is 4. The highest BCUT2D eigenvalue weighted by Crippen LogP contribution is 2.17. The highest BCUT2D eigenvalue weighted by molar-refractivity contribution is 5.80. The Hall–Kier alpha value is -3.59. The molecule has 1 N–H and O–H groups in total. The molecule has 0 spiro atoms. The minimum Gasteiger partial charge on any atom is -0.356 e. The van der Waals surface area contributed by atoms with E-state index in [0.717, 1.165) is 31.6 Å². The van der Waals surface area contributed by atoms with Crippen molar-refractivity contribution in [2.45, 2.75) is 39.7 Å². The van der Waals surface area contributed by atoms with E-state index >= 15 is 0 Å². The molecule has 2 aromatic heterocycles. The van der Waals surface area contributed by atoms with E-state index in [-0.39, 0.29) is 30.2 Å². The van der Waals surface area contributed by atoms with Gasteiger partial charge < -0.3 is 10.2 Å². The Bertz CT molecular complexity index is 1360. The fourth-order valence-corrected chi connectivity index (χ4v) is 4.28. The smallest absolute Gasteiger partial charge is 0.263 e. The Balaban J connectivity index is 1.55. The number of hydrogen-bond acceptors (Lipinski definition) is 5. The summed E-state index contributed by atoms with van der Waals surface area (Å²) in [6.45, 7) is 8.10. The van der Waals surface area contributed by atoms with Gasteiger partial charge in [-0.3, -0.25) is 18.6 Å². The lowest BCUT2D eigenvalue weighted by atomic mass is 10.2. The topological polar surface area (TPSA) is 84.5 Å². The van der Waals surface area contributed by atoms with E-state index in [2.05, 4.69) is 34.3 Å². The van der Waals surface area contributed by atoms with Gasteiger partial charge in [0.05, 0.1) is 17.4 Å². The average Bonchev–Trinajstić information content (AvgIpc) is 3.30. The van der Waals surface area contributed by atoms with Crippen LogP contribution in [0, 0.1) is 5.82 Å². The van der Waals surface area contributed by atoms with Crippen LogP contribution in [0.1, 0.15) is 38.1 Å². The molecule has 0 unspecified atom stereocenters. The summed E-state index contributed by atoms with van der Waals surface area (Å²) >= 11 is 0. The van der Waals surface area contributed by atoms with Crippen LogP contribution in [0.5, 0.6) is 0 Å². The van der Waals surface area contributed by atoms with Gasteiger partial charge in [-0.15, -0.1) is 10.2 Å². The van der Waals surface area contributed by atoms with Gasteiger partial charge >= 0.3 is 0 Å². The van der Waals surface area contributed by atoms with Crippen LogP contribution in [0.15, 0.2) is 53.3 Å². The summed E-state index contributed by atoms with van der Waals surface area (Å²) in [7, 11) is 0. The quantitative estimate of drug-likeness (QED) is 0.335. The van der Waals surface area contributed by atoms with E-state index in [1.807, 2.05) is 22.6 Å². The number of hydrogen-bond donors (Lipinski definition) is 1. The van der Waals surface area contributed by atoms with Gasteiger partial charge in [-0.1, -0.05) is 38.1 Å². The molecule has 0 bridgehead atoms. The van der Waals surface area contributed by atoms with Crippen LogP contribution in [0.4, 0.5) is 4.39 Å². The highest BCUT2D eigenvalue weighted by atomic mass is 19.1. The van der Waals surface area contributed by atoms with Gasteiger partial charge in [-0.25, -0.2) is 4.39 Å². The monoisotopic (exact) mass is 478 g/mol. The normalized spacial score (nSPS) is 11.5. The third-order valence-corrected chi connectivity index (χ3v) is 6.27. The van der Waals surface area contributed by atoms with Crippen molar-refractivity contribution in [3.63, 3.8) is 0 Å². The average molecular weight is 479 g/mol. The summed E-state index contributed by atoms with van der Waals surface area (Å²) < 4.78 is 16.7. The number of nitrogens with zero attached hydrogens (tertiary/aromatic N) is 5. The largest absolute Gasteiger partial charge is 0.356 e. The fourth-order valence-electron chi connectivity index (χ4n) is 4.28. The summed E-state index contributed by atoms with van der Waals surface area (Å²) in [6.07, 6.45) is 1.57. The van der Waals surface area contributed by atoms with Crippen LogP contribution in [-0.2, 0) is 17.8 Å². The first-order chi connectivity index (χ1) is 17.0. The Morgan fingerprint density at radius 3 is 2.54 bits per heavy atom. The molecule has 2 aromatic carbocycles. The van der Waals surface area contributed by atoms with Gasteiger partial charge in [0.1, 0.15) is 11.6 Å². The third-order valence-electron chi connectivity index (χ3n) is 6.27. The van der Waals surface area contributed by atoms with Crippen molar-refractivity contribution in [3.05, 3.63) is 76.1 Å². The van der Waals surface area contributed by atoms with Gasteiger partial charge in [0.2, 0.25) is 11.7 Å². The summed E-state index contributed by atoms with van der Waals surface area (Å²) in [5.74, 6) is 0.640. The Kier molecular flexibility index (Phi) is 7.87. The molecule has 0 radical (unpaired) electrons. The number of halogens is 1. The maximum absolute atomic E-state index is 13.4. The lowest BCUT2D eigenvalue weighted by Crippen LogP contribution is -2.30. The molecule has 0 atom stereocenters. The molecular weight excluding hydrogens is 447 g/mol. The molecular formula is C26H31FN6O2. The fraction of sp³-hybridized carbons (Fsp3) is 0.385. The number of fused-ring (bicyclic) bond motifs is 3. The van der Waals surface area contributed by atoms with Crippen molar-refractivity contribution in [3.8, 4) is 0 Å². The molecule has 0 saturated carbocycles. The van der Waals surface area contributed by atoms with Gasteiger partial charge in [-0.05, 0) is 55.9 Å². The third kappa shape index (κ3) is 5.57. The van der Waals surface area contributed by atoms with E-state index < -0.39 is 0 Å². The Morgan fingerprint density at radius 2 is 1.80 bits per heavy atom. The molecule has 2 heterocycles. The molecule has 0 aliphatic carbocycles. The van der Waals surface area contributed by atoms with Gasteiger partial charge in [0, 0.05) is 19.4 Å². The van der Waals surface area contributed by atoms with Crippen molar-refractivity contribution in [1.82, 2.24) is 29.4 Å². The maximum atomic E-state index is 13.4. The molecule has 0 fully saturated rings. The zero-order valence-electron chi connectivity index (χ0n) is 20.2. The van der Waals surface area contributed by atoms with Crippen molar-refractivity contribution in [2.24, 2.45) is 0 Å². The number of carbonyl (C=O) groups excluding carboxylic acids is 1. The zero-order chi connectivity index (χ0) is 24.8. The molecule has 9 heteroatoms. The number of amides is 1. The van der Waals surface area contributed by atoms with E-state index in [4.69, 9.17) is 0 Å². The molecule has 0 aliphatic heterocycles. The predicted octanol–water partition coefficient (Wildman–Crippen LogP) is 3.01. The first-order valence-electron chi connectivity index (χ1n) is 12.1. The predicted molar refractivity (Wildman–Crippen MR) is 134 cm³/mol. The van der Waals surface area contributed by atoms with E-state index in [9.17, 15) is 14.0 Å². The summed E-state index contributed by atoms with van der Waals surface area (Å²) in [4.78, 5) is 28.0. The highest BCUT2D eigenvalue weighted by Gasteiger charge is 2.17. The summed E-state index contributed by atoms with van der Waals surface area (Å²) in [6, 6.07) is 13.3. The molecule has 4 aromatic rings. The van der Waals surface area contributed by atoms with Crippen molar-refractivity contribution >= 4 is 22.6 Å². The van der Waals surface area contributed by atoms with Crippen LogP contribution >= 0.6 is 0 Å². The summed E-state index contributed by atoms with van der Waals surface area (Å²) in [5, 5.41) is 12.1. The molecule has 35 heavy (non-hydrogen) atoms. The molecule has 0 saturated heterocycles. The van der Waals surface area contributed by atoms with Crippen LogP contribution in [0.3, 0.4) is 0 Å². The minimum absolute atomic E-state index is 0.0368. The summed E-state index contributed by atoms with van der Waals surface area (Å²) in [5.41, 5.74) is 1.28. The van der Waals surface area contributed by atoms with Crippen LogP contribution in [0.2, 0.25) is 0 Å². The number of para-hydroxylation sites is 1. The standard InChI is InChI=1S/C26H31FN6O2/c1-3-31(4-2)17-7-16-28-24(34)15-14-23-29-30-26-32(18-19-10-12-20(27)13-11-19)25(35)21-8-5-6-9-22(21)33(23)26/h5-6,8-13H,3-4,7,14-18H2,1-2H3,(H,28,34). The maximum Gasteiger partial charge on any atom is 0.263 e. The minimum atomic E-state index is -0.333. The molecule has 4 rings (SSSR count). The number of aryl methyl sites for hydroxylation is 1. The zero-order valence-corrected chi connectivity index (χ0v) is 20.2. The number of nitrogens with one attached hydrogen (secondary N) is 1. The lowest BCUT2D eigenvalue weighted by molar-refractivity contribution is -0.121. The van der Waals surface area contributed by atoms with Crippen molar-refractivity contribution in [1.29, 1.82) is 0 Å². The second-order valence-electron chi connectivity index (χ2n) is 8.52. The van der Waals surface area contributed by atoms with Crippen LogP contribution in [-0.4, -0.2) is 56.2 Å². The molecule has 8 nitrogen and oxygen atoms in total. The molecule has 1 amide bonds. The van der Waals surface area contributed by atoms with Crippen molar-refractivity contribution in [2.75, 3.05) is 26.2 Å². The first-order valence-corrected chi connectivity index (χ1v) is 12.1. The van der Waals surface area contributed by atoms with Crippen LogP contribution < -0.4 is 10.9 Å². The number of rotatable bonds is 11. The Labute approximate surface area is 203 Å². The van der Waals surface area contributed by atoms with Crippen LogP contribution in [0.25, 0.3) is 16.7 Å². The molecule has 184 valence electrons. The molecule has 0 aliphatic rings. The van der Waals surface area contributed by atoms with Crippen molar-refractivity contribution < 1.29 is 9.18 Å². The number of benzene rings is 2. The first kappa shape index (κ1) is 24.5. The Morgan fingerprint density at radius 1 is 1.06 bits per heavy atom. The van der Waals surface area contributed by atoms with Gasteiger partial charge in [-0.2, -0.15) is 0 Å².